The van der Waals surface area contributed by atoms with Crippen LogP contribution in [0.25, 0.3) is 0 Å². The summed E-state index contributed by atoms with van der Waals surface area (Å²) >= 11 is 0. The van der Waals surface area contributed by atoms with Gasteiger partial charge in [-0.15, -0.1) is 0 Å². The molecule has 0 spiro atoms. The monoisotopic (exact) mass is 331 g/mol. The molecule has 0 aromatic carbocycles. The van der Waals surface area contributed by atoms with Crippen LogP contribution in [0.5, 0.6) is 0 Å². The van der Waals surface area contributed by atoms with Crippen molar-refractivity contribution in [2.24, 2.45) is 0 Å². The van der Waals surface area contributed by atoms with Crippen LogP contribution in [0.4, 0.5) is 0 Å². The minimum absolute atomic E-state index is 0.132. The van der Waals surface area contributed by atoms with E-state index >= 15 is 0 Å². The highest BCUT2D eigenvalue weighted by atomic mass is 32.2. The maximum Gasteiger partial charge on any atom is 0.500 e. The lowest BCUT2D eigenvalue weighted by Gasteiger charge is -2.24. The molecule has 0 atom stereocenters. The van der Waals surface area contributed by atoms with E-state index in [-0.39, 0.29) is 5.75 Å². The molecule has 0 rings (SSSR count). The molecule has 7 nitrogen and oxygen atoms in total. The van der Waals surface area contributed by atoms with Gasteiger partial charge in [0.25, 0.3) is 10.1 Å². The average Bonchev–Trinajstić information content (AvgIpc) is 2.34. The Hall–Kier alpha value is -0.0331. The Bertz CT molecular complexity index is 311. The summed E-state index contributed by atoms with van der Waals surface area (Å²) in [5, 5.41) is 0. The number of hydrogen-bond donors (Lipinski definition) is 1. The summed E-state index contributed by atoms with van der Waals surface area (Å²) in [7, 11) is 3.06. The predicted molar refractivity (Wildman–Crippen MR) is 81.5 cm³/mol. The molecule has 0 saturated carbocycles. The molecule has 0 aliphatic rings. The molecule has 0 aliphatic heterocycles. The number of rotatable bonds is 9. The SMILES string of the molecule is CCCS(=O)(=O)O.CO[Si](CCCN(C)C)(OC)OC. The van der Waals surface area contributed by atoms with E-state index in [0.29, 0.717) is 6.42 Å². The molecule has 0 radical (unpaired) electrons. The Morgan fingerprint density at radius 1 is 1.10 bits per heavy atom. The van der Waals surface area contributed by atoms with Crippen LogP contribution in [0.2, 0.25) is 6.04 Å². The Labute approximate surface area is 124 Å². The molecular formula is C11H29NO6SSi. The van der Waals surface area contributed by atoms with Crippen LogP contribution in [0, 0.1) is 0 Å². The standard InChI is InChI=1S/C8H21NO3Si.C3H8O3S/c1-9(2)7-6-8-13(10-3,11-4)12-5;1-2-3-7(4,5)6/h6-8H2,1-5H3;2-3H2,1H3,(H,4,5,6). The Morgan fingerprint density at radius 3 is 1.75 bits per heavy atom. The second-order valence-corrected chi connectivity index (χ2v) is 9.15. The Kier molecular flexibility index (Phi) is 12.9. The fourth-order valence-corrected chi connectivity index (χ4v) is 3.65. The maximum atomic E-state index is 9.79. The molecule has 124 valence electrons. The normalized spacial score (nSPS) is 12.2. The van der Waals surface area contributed by atoms with Crippen LogP contribution in [0.1, 0.15) is 19.8 Å². The summed E-state index contributed by atoms with van der Waals surface area (Å²) in [6.45, 7) is 2.72. The topological polar surface area (TPSA) is 85.3 Å². The van der Waals surface area contributed by atoms with Crippen molar-refractivity contribution < 1.29 is 26.2 Å². The van der Waals surface area contributed by atoms with E-state index in [9.17, 15) is 8.42 Å². The fourth-order valence-electron chi connectivity index (χ4n) is 1.43. The largest absolute Gasteiger partial charge is 0.500 e. The molecule has 0 heterocycles. The predicted octanol–water partition coefficient (Wildman–Crippen LogP) is 1.10. The van der Waals surface area contributed by atoms with Gasteiger partial charge in [-0.2, -0.15) is 8.42 Å². The zero-order chi connectivity index (χ0) is 16.2. The molecule has 0 bridgehead atoms. The summed E-state index contributed by atoms with van der Waals surface area (Å²) in [6, 6.07) is 0.870. The van der Waals surface area contributed by atoms with Crippen molar-refractivity contribution >= 4 is 18.9 Å². The Morgan fingerprint density at radius 2 is 1.55 bits per heavy atom. The van der Waals surface area contributed by atoms with Crippen molar-refractivity contribution in [3.05, 3.63) is 0 Å². The molecule has 9 heteroatoms. The first-order valence-electron chi connectivity index (χ1n) is 6.41. The molecular weight excluding hydrogens is 302 g/mol. The lowest BCUT2D eigenvalue weighted by atomic mass is 10.5. The molecule has 0 aromatic rings. The highest BCUT2D eigenvalue weighted by Gasteiger charge is 2.36. The van der Waals surface area contributed by atoms with Crippen LogP contribution in [-0.4, -0.2) is 74.4 Å². The van der Waals surface area contributed by atoms with Crippen molar-refractivity contribution in [1.29, 1.82) is 0 Å². The molecule has 0 saturated heterocycles. The van der Waals surface area contributed by atoms with E-state index < -0.39 is 18.9 Å². The smallest absolute Gasteiger partial charge is 0.377 e. The third-order valence-electron chi connectivity index (χ3n) is 2.48. The van der Waals surface area contributed by atoms with E-state index in [0.717, 1.165) is 19.0 Å². The third kappa shape index (κ3) is 13.0. The van der Waals surface area contributed by atoms with Gasteiger partial charge in [0.05, 0.1) is 5.75 Å². The van der Waals surface area contributed by atoms with E-state index in [1.165, 1.54) is 0 Å². The molecule has 1 N–H and O–H groups in total. The van der Waals surface area contributed by atoms with Crippen molar-refractivity contribution in [3.63, 3.8) is 0 Å². The summed E-state index contributed by atoms with van der Waals surface area (Å²) in [5.41, 5.74) is 0. The highest BCUT2D eigenvalue weighted by molar-refractivity contribution is 7.85. The quantitative estimate of drug-likeness (QED) is 0.500. The average molecular weight is 332 g/mol. The van der Waals surface area contributed by atoms with E-state index in [1.54, 1.807) is 28.3 Å². The zero-order valence-corrected chi connectivity index (χ0v) is 15.2. The van der Waals surface area contributed by atoms with E-state index in [1.807, 2.05) is 0 Å². The molecule has 20 heavy (non-hydrogen) atoms. The van der Waals surface area contributed by atoms with Crippen molar-refractivity contribution in [2.45, 2.75) is 25.8 Å². The van der Waals surface area contributed by atoms with Gasteiger partial charge in [0.1, 0.15) is 0 Å². The highest BCUT2D eigenvalue weighted by Crippen LogP contribution is 2.14. The maximum absolute atomic E-state index is 9.79. The minimum Gasteiger partial charge on any atom is -0.377 e. The molecule has 0 fully saturated rings. The Balaban J connectivity index is 0. The summed E-state index contributed by atoms with van der Waals surface area (Å²) in [6.07, 6.45) is 1.51. The first-order valence-corrected chi connectivity index (χ1v) is 9.95. The van der Waals surface area contributed by atoms with Gasteiger partial charge in [-0.1, -0.05) is 6.92 Å². The molecule has 0 amide bonds. The van der Waals surface area contributed by atoms with Gasteiger partial charge in [0.2, 0.25) is 0 Å². The van der Waals surface area contributed by atoms with Crippen LogP contribution in [0.3, 0.4) is 0 Å². The molecule has 0 aromatic heterocycles. The van der Waals surface area contributed by atoms with Gasteiger partial charge in [0.15, 0.2) is 0 Å². The van der Waals surface area contributed by atoms with Crippen molar-refractivity contribution in [3.8, 4) is 0 Å². The fraction of sp³-hybridized carbons (Fsp3) is 1.00. The number of hydrogen-bond acceptors (Lipinski definition) is 6. The summed E-state index contributed by atoms with van der Waals surface area (Å²) in [5.74, 6) is -0.132. The molecule has 0 aliphatic carbocycles. The summed E-state index contributed by atoms with van der Waals surface area (Å²) < 4.78 is 43.4. The van der Waals surface area contributed by atoms with Crippen LogP contribution in [-0.2, 0) is 23.4 Å². The van der Waals surface area contributed by atoms with Crippen molar-refractivity contribution in [1.82, 2.24) is 4.90 Å². The lowest BCUT2D eigenvalue weighted by Crippen LogP contribution is -2.43. The van der Waals surface area contributed by atoms with Gasteiger partial charge in [0, 0.05) is 27.4 Å². The first kappa shape index (κ1) is 22.3. The van der Waals surface area contributed by atoms with Gasteiger partial charge < -0.3 is 18.2 Å². The number of nitrogens with zero attached hydrogens (tertiary/aromatic N) is 1. The van der Waals surface area contributed by atoms with Crippen molar-refractivity contribution in [2.75, 3.05) is 47.7 Å². The van der Waals surface area contributed by atoms with Gasteiger partial charge >= 0.3 is 8.80 Å². The second-order valence-electron chi connectivity index (χ2n) is 4.49. The minimum atomic E-state index is -3.67. The third-order valence-corrected chi connectivity index (χ3v) is 6.24. The van der Waals surface area contributed by atoms with E-state index in [2.05, 4.69) is 19.0 Å². The van der Waals surface area contributed by atoms with E-state index in [4.69, 9.17) is 17.8 Å². The van der Waals surface area contributed by atoms with Gasteiger partial charge in [-0.05, 0) is 33.5 Å². The summed E-state index contributed by atoms with van der Waals surface area (Å²) in [4.78, 5) is 2.14. The first-order chi connectivity index (χ1) is 9.16. The zero-order valence-electron chi connectivity index (χ0n) is 13.4. The second kappa shape index (κ2) is 11.6. The molecule has 0 unspecified atom stereocenters. The van der Waals surface area contributed by atoms with Crippen LogP contribution >= 0.6 is 0 Å². The lowest BCUT2D eigenvalue weighted by molar-refractivity contribution is 0.122. The van der Waals surface area contributed by atoms with Crippen LogP contribution < -0.4 is 0 Å². The van der Waals surface area contributed by atoms with Gasteiger partial charge in [-0.25, -0.2) is 0 Å². The van der Waals surface area contributed by atoms with Gasteiger partial charge in [-0.3, -0.25) is 4.55 Å². The van der Waals surface area contributed by atoms with Crippen LogP contribution in [0.15, 0.2) is 0 Å².